The number of carbonyl (C=O) groups is 1. The molecule has 2 aromatic rings. The quantitative estimate of drug-likeness (QED) is 0.587. The Bertz CT molecular complexity index is 923. The highest BCUT2D eigenvalue weighted by Crippen LogP contribution is 2.60. The molecule has 1 aromatic carbocycles. The first-order valence-electron chi connectivity index (χ1n) is 10.5. The van der Waals surface area contributed by atoms with E-state index in [2.05, 4.69) is 27.7 Å². The van der Waals surface area contributed by atoms with Crippen molar-refractivity contribution >= 4 is 17.3 Å². The third-order valence-corrected chi connectivity index (χ3v) is 7.64. The lowest BCUT2D eigenvalue weighted by molar-refractivity contribution is 0.0504. The van der Waals surface area contributed by atoms with E-state index in [0.717, 1.165) is 30.3 Å². The fourth-order valence-electron chi connectivity index (χ4n) is 6.32. The highest BCUT2D eigenvalue weighted by Gasteiger charge is 2.51. The minimum Gasteiger partial charge on any atom is -0.493 e. The minimum absolute atomic E-state index is 0.0346. The molecule has 4 nitrogen and oxygen atoms in total. The van der Waals surface area contributed by atoms with Gasteiger partial charge in [-0.2, -0.15) is 0 Å². The zero-order valence-electron chi connectivity index (χ0n) is 18.0. The van der Waals surface area contributed by atoms with Crippen LogP contribution in [0.25, 0.3) is 11.0 Å². The Morgan fingerprint density at radius 1 is 1.14 bits per heavy atom. The molecular formula is C24H32O4. The monoisotopic (exact) mass is 384 g/mol. The molecule has 0 spiro atoms. The first-order valence-corrected chi connectivity index (χ1v) is 10.5. The molecule has 0 aliphatic heterocycles. The van der Waals surface area contributed by atoms with E-state index in [9.17, 15) is 4.79 Å². The summed E-state index contributed by atoms with van der Waals surface area (Å²) in [6, 6.07) is 2.02. The summed E-state index contributed by atoms with van der Waals surface area (Å²) in [5, 5.41) is 1.02. The molecule has 0 amide bonds. The van der Waals surface area contributed by atoms with E-state index in [1.54, 1.807) is 14.2 Å². The van der Waals surface area contributed by atoms with Crippen LogP contribution in [0.3, 0.4) is 0 Å². The van der Waals surface area contributed by atoms with Gasteiger partial charge in [0, 0.05) is 16.9 Å². The van der Waals surface area contributed by atoms with Gasteiger partial charge in [-0.15, -0.1) is 0 Å². The minimum atomic E-state index is 0.0346. The summed E-state index contributed by atoms with van der Waals surface area (Å²) >= 11 is 0. The van der Waals surface area contributed by atoms with Crippen molar-refractivity contribution in [3.63, 3.8) is 0 Å². The highest BCUT2D eigenvalue weighted by molar-refractivity contribution is 6.01. The molecule has 28 heavy (non-hydrogen) atoms. The van der Waals surface area contributed by atoms with Gasteiger partial charge in [-0.25, -0.2) is 0 Å². The van der Waals surface area contributed by atoms with Crippen molar-refractivity contribution in [3.8, 4) is 11.5 Å². The summed E-state index contributed by atoms with van der Waals surface area (Å²) in [5.74, 6) is 3.01. The molecule has 0 bridgehead atoms. The van der Waals surface area contributed by atoms with Gasteiger partial charge in [0.15, 0.2) is 17.8 Å². The smallest absolute Gasteiger partial charge is 0.175 e. The first kappa shape index (κ1) is 19.4. The second-order valence-corrected chi connectivity index (χ2v) is 9.65. The molecule has 2 unspecified atom stereocenters. The number of hydrogen-bond donors (Lipinski definition) is 0. The lowest BCUT2D eigenvalue weighted by Crippen LogP contribution is -2.44. The second-order valence-electron chi connectivity index (χ2n) is 9.65. The fraction of sp³-hybridized carbons (Fsp3) is 0.625. The summed E-state index contributed by atoms with van der Waals surface area (Å²) < 4.78 is 17.6. The van der Waals surface area contributed by atoms with Gasteiger partial charge in [-0.05, 0) is 48.5 Å². The number of aldehydes is 1. The van der Waals surface area contributed by atoms with Crippen LogP contribution in [0.1, 0.15) is 87.4 Å². The molecular weight excluding hydrogens is 352 g/mol. The maximum atomic E-state index is 12.0. The average Bonchev–Trinajstić information content (AvgIpc) is 3.00. The molecule has 1 fully saturated rings. The van der Waals surface area contributed by atoms with Gasteiger partial charge in [0.25, 0.3) is 0 Å². The number of carbonyl (C=O) groups excluding carboxylic acids is 1. The summed E-state index contributed by atoms with van der Waals surface area (Å²) in [4.78, 5) is 12.0. The number of fused-ring (bicyclic) bond motifs is 5. The van der Waals surface area contributed by atoms with Gasteiger partial charge < -0.3 is 13.9 Å². The van der Waals surface area contributed by atoms with Crippen LogP contribution in [0, 0.1) is 11.3 Å². The molecule has 152 valence electrons. The number of furan rings is 1. The maximum Gasteiger partial charge on any atom is 0.175 e. The van der Waals surface area contributed by atoms with Gasteiger partial charge in [0.1, 0.15) is 16.9 Å². The van der Waals surface area contributed by atoms with Crippen molar-refractivity contribution in [3.05, 3.63) is 23.0 Å². The molecule has 0 saturated heterocycles. The van der Waals surface area contributed by atoms with Crippen LogP contribution in [0.5, 0.6) is 11.5 Å². The van der Waals surface area contributed by atoms with E-state index in [-0.39, 0.29) is 5.41 Å². The zero-order chi connectivity index (χ0) is 20.3. The highest BCUT2D eigenvalue weighted by atomic mass is 16.5. The molecule has 2 aliphatic carbocycles. The lowest BCUT2D eigenvalue weighted by atomic mass is 9.53. The standard InChI is InChI=1S/C24H32O4/c1-14-8-9-18-23(2,3)10-7-11-24(18,4)19-15-12-17(26-5)22(27-6)16(13-25)21(15)28-20(14)19/h12-14,18H,7-11H2,1-6H3/t14-,18?,24?/m1/s1. The third-order valence-electron chi connectivity index (χ3n) is 7.64. The largest absolute Gasteiger partial charge is 0.493 e. The van der Waals surface area contributed by atoms with E-state index in [1.807, 2.05) is 6.07 Å². The van der Waals surface area contributed by atoms with E-state index >= 15 is 0 Å². The lowest BCUT2D eigenvalue weighted by Gasteiger charge is -2.50. The van der Waals surface area contributed by atoms with Crippen molar-refractivity contribution in [2.45, 2.75) is 71.1 Å². The van der Waals surface area contributed by atoms with Crippen LogP contribution in [0.4, 0.5) is 0 Å². The van der Waals surface area contributed by atoms with E-state index in [1.165, 1.54) is 24.8 Å². The van der Waals surface area contributed by atoms with Gasteiger partial charge in [0.05, 0.1) is 14.2 Å². The molecule has 1 heterocycles. The van der Waals surface area contributed by atoms with Crippen LogP contribution in [0.15, 0.2) is 10.5 Å². The molecule has 0 N–H and O–H groups in total. The Balaban J connectivity index is 2.09. The Morgan fingerprint density at radius 2 is 1.89 bits per heavy atom. The second kappa shape index (κ2) is 6.53. The van der Waals surface area contributed by atoms with Gasteiger partial charge >= 0.3 is 0 Å². The van der Waals surface area contributed by atoms with Crippen LogP contribution in [-0.4, -0.2) is 20.5 Å². The maximum absolute atomic E-state index is 12.0. The van der Waals surface area contributed by atoms with Crippen molar-refractivity contribution in [1.82, 2.24) is 0 Å². The molecule has 4 rings (SSSR count). The fourth-order valence-corrected chi connectivity index (χ4v) is 6.32. The van der Waals surface area contributed by atoms with Gasteiger partial charge in [-0.3, -0.25) is 4.79 Å². The van der Waals surface area contributed by atoms with Crippen molar-refractivity contribution in [2.24, 2.45) is 11.3 Å². The van der Waals surface area contributed by atoms with Crippen LogP contribution in [0.2, 0.25) is 0 Å². The Hall–Kier alpha value is -1.97. The molecule has 1 saturated carbocycles. The van der Waals surface area contributed by atoms with E-state index < -0.39 is 0 Å². The van der Waals surface area contributed by atoms with Crippen molar-refractivity contribution in [1.29, 1.82) is 0 Å². The number of benzene rings is 1. The number of methoxy groups -OCH3 is 2. The molecule has 2 aliphatic rings. The molecule has 3 atom stereocenters. The molecule has 4 heteroatoms. The van der Waals surface area contributed by atoms with Crippen LogP contribution in [-0.2, 0) is 5.41 Å². The zero-order valence-corrected chi connectivity index (χ0v) is 18.0. The van der Waals surface area contributed by atoms with Crippen LogP contribution < -0.4 is 9.47 Å². The third kappa shape index (κ3) is 2.53. The number of rotatable bonds is 3. The van der Waals surface area contributed by atoms with E-state index in [0.29, 0.717) is 39.9 Å². The van der Waals surface area contributed by atoms with E-state index in [4.69, 9.17) is 13.9 Å². The van der Waals surface area contributed by atoms with Crippen molar-refractivity contribution < 1.29 is 18.7 Å². The van der Waals surface area contributed by atoms with Crippen molar-refractivity contribution in [2.75, 3.05) is 14.2 Å². The molecule has 1 aromatic heterocycles. The summed E-state index contributed by atoms with van der Waals surface area (Å²) in [7, 11) is 3.18. The Kier molecular flexibility index (Phi) is 4.52. The number of hydrogen-bond acceptors (Lipinski definition) is 4. The molecule has 0 radical (unpaired) electrons. The topological polar surface area (TPSA) is 48.7 Å². The summed E-state index contributed by atoms with van der Waals surface area (Å²) in [6.45, 7) is 9.52. The number of ether oxygens (including phenoxy) is 2. The first-order chi connectivity index (χ1) is 13.3. The Labute approximate surface area is 167 Å². The van der Waals surface area contributed by atoms with Crippen LogP contribution >= 0.6 is 0 Å². The normalized spacial score (nSPS) is 28.9. The van der Waals surface area contributed by atoms with Gasteiger partial charge in [-0.1, -0.05) is 34.1 Å². The SMILES string of the molecule is COc1cc2c3c(oc2c(C=O)c1OC)[C@H](C)CCC1C(C)(C)CCCC31C. The van der Waals surface area contributed by atoms with Gasteiger partial charge in [0.2, 0.25) is 0 Å². The Morgan fingerprint density at radius 3 is 2.54 bits per heavy atom. The summed E-state index contributed by atoms with van der Waals surface area (Å²) in [5.41, 5.74) is 2.73. The average molecular weight is 385 g/mol. The predicted octanol–water partition coefficient (Wildman–Crippen LogP) is 6.24. The predicted molar refractivity (Wildman–Crippen MR) is 111 cm³/mol. The summed E-state index contributed by atoms with van der Waals surface area (Å²) in [6.07, 6.45) is 6.80.